The molecule has 0 aromatic heterocycles. The van der Waals surface area contributed by atoms with Crippen LogP contribution in [-0.4, -0.2) is 11.7 Å². The number of carbonyl (C=O) groups excluding carboxylic acids is 1. The highest BCUT2D eigenvalue weighted by molar-refractivity contribution is 8.00. The number of rotatable bonds is 4. The highest BCUT2D eigenvalue weighted by atomic mass is 32.2. The van der Waals surface area contributed by atoms with Crippen LogP contribution in [0.3, 0.4) is 0 Å². The molecule has 0 aliphatic rings. The minimum atomic E-state index is -0.307. The van der Waals surface area contributed by atoms with Crippen molar-refractivity contribution in [2.75, 3.05) is 16.8 Å². The highest BCUT2D eigenvalue weighted by Gasteiger charge is 2.08. The predicted octanol–water partition coefficient (Wildman–Crippen LogP) is 3.45. The largest absolute Gasteiger partial charge is 0.397 e. The summed E-state index contributed by atoms with van der Waals surface area (Å²) in [6, 6.07) is 11.6. The van der Waals surface area contributed by atoms with Crippen molar-refractivity contribution in [3.05, 3.63) is 53.8 Å². The number of thioether (sulfide) groups is 1. The van der Waals surface area contributed by atoms with Gasteiger partial charge >= 0.3 is 0 Å². The SMILES string of the molecule is Cc1cccc(N)c1NC(=O)CSc1cccc(F)c1. The Balaban J connectivity index is 1.96. The lowest BCUT2D eigenvalue weighted by atomic mass is 10.1. The normalized spacial score (nSPS) is 10.3. The zero-order valence-electron chi connectivity index (χ0n) is 11.0. The fourth-order valence-electron chi connectivity index (χ4n) is 1.74. The fourth-order valence-corrected chi connectivity index (χ4v) is 2.48. The number of hydrogen-bond acceptors (Lipinski definition) is 3. The van der Waals surface area contributed by atoms with Crippen LogP contribution in [0.25, 0.3) is 0 Å². The van der Waals surface area contributed by atoms with Crippen LogP contribution in [0.15, 0.2) is 47.4 Å². The van der Waals surface area contributed by atoms with Gasteiger partial charge in [-0.25, -0.2) is 4.39 Å². The topological polar surface area (TPSA) is 55.1 Å². The van der Waals surface area contributed by atoms with E-state index in [9.17, 15) is 9.18 Å². The summed E-state index contributed by atoms with van der Waals surface area (Å²) in [5.74, 6) is -0.268. The molecule has 0 atom stereocenters. The van der Waals surface area contributed by atoms with Crippen LogP contribution in [0.4, 0.5) is 15.8 Å². The van der Waals surface area contributed by atoms with Gasteiger partial charge < -0.3 is 11.1 Å². The van der Waals surface area contributed by atoms with Gasteiger partial charge in [-0.2, -0.15) is 0 Å². The van der Waals surface area contributed by atoms with Crippen LogP contribution in [0.1, 0.15) is 5.56 Å². The quantitative estimate of drug-likeness (QED) is 0.670. The van der Waals surface area contributed by atoms with Crippen molar-refractivity contribution in [2.24, 2.45) is 0 Å². The number of nitrogens with one attached hydrogen (secondary N) is 1. The second kappa shape index (κ2) is 6.43. The first-order valence-electron chi connectivity index (χ1n) is 6.09. The molecule has 0 radical (unpaired) electrons. The maximum absolute atomic E-state index is 13.0. The van der Waals surface area contributed by atoms with Crippen molar-refractivity contribution in [1.29, 1.82) is 0 Å². The van der Waals surface area contributed by atoms with Gasteiger partial charge in [0.05, 0.1) is 17.1 Å². The Labute approximate surface area is 121 Å². The number of para-hydroxylation sites is 1. The summed E-state index contributed by atoms with van der Waals surface area (Å²) in [7, 11) is 0. The molecule has 0 heterocycles. The standard InChI is InChI=1S/C15H15FN2OS/c1-10-4-2-7-13(17)15(10)18-14(19)9-20-12-6-3-5-11(16)8-12/h2-8H,9,17H2,1H3,(H,18,19). The van der Waals surface area contributed by atoms with Crippen LogP contribution in [0.2, 0.25) is 0 Å². The van der Waals surface area contributed by atoms with Gasteiger partial charge in [0.15, 0.2) is 0 Å². The number of hydrogen-bond donors (Lipinski definition) is 2. The number of halogens is 1. The summed E-state index contributed by atoms with van der Waals surface area (Å²) in [4.78, 5) is 12.6. The third-order valence-electron chi connectivity index (χ3n) is 2.74. The Morgan fingerprint density at radius 3 is 2.75 bits per heavy atom. The number of anilines is 2. The molecule has 0 unspecified atom stereocenters. The molecule has 5 heteroatoms. The lowest BCUT2D eigenvalue weighted by Gasteiger charge is -2.10. The molecule has 0 aliphatic carbocycles. The maximum atomic E-state index is 13.0. The first kappa shape index (κ1) is 14.4. The molecule has 20 heavy (non-hydrogen) atoms. The van der Waals surface area contributed by atoms with Gasteiger partial charge in [-0.1, -0.05) is 18.2 Å². The highest BCUT2D eigenvalue weighted by Crippen LogP contribution is 2.24. The number of aryl methyl sites for hydroxylation is 1. The van der Waals surface area contributed by atoms with Gasteiger partial charge in [-0.05, 0) is 36.8 Å². The second-order valence-corrected chi connectivity index (χ2v) is 5.38. The van der Waals surface area contributed by atoms with Gasteiger partial charge in [0.25, 0.3) is 0 Å². The first-order chi connectivity index (χ1) is 9.56. The summed E-state index contributed by atoms with van der Waals surface area (Å²) < 4.78 is 13.0. The number of benzene rings is 2. The monoisotopic (exact) mass is 290 g/mol. The number of nitrogen functional groups attached to an aromatic ring is 1. The van der Waals surface area contributed by atoms with Gasteiger partial charge in [0.1, 0.15) is 5.82 Å². The van der Waals surface area contributed by atoms with Crippen molar-refractivity contribution in [3.63, 3.8) is 0 Å². The molecule has 0 saturated heterocycles. The van der Waals surface area contributed by atoms with Crippen molar-refractivity contribution in [1.82, 2.24) is 0 Å². The molecule has 2 aromatic rings. The van der Waals surface area contributed by atoms with Crippen molar-refractivity contribution in [3.8, 4) is 0 Å². The Hall–Kier alpha value is -2.01. The minimum absolute atomic E-state index is 0.166. The molecular weight excluding hydrogens is 275 g/mol. The zero-order chi connectivity index (χ0) is 14.5. The lowest BCUT2D eigenvalue weighted by Crippen LogP contribution is -2.16. The lowest BCUT2D eigenvalue weighted by molar-refractivity contribution is -0.113. The fraction of sp³-hybridized carbons (Fsp3) is 0.133. The zero-order valence-corrected chi connectivity index (χ0v) is 11.8. The van der Waals surface area contributed by atoms with Crippen molar-refractivity contribution < 1.29 is 9.18 Å². The maximum Gasteiger partial charge on any atom is 0.234 e. The molecule has 0 aliphatic heterocycles. The summed E-state index contributed by atoms with van der Waals surface area (Å²) in [5, 5.41) is 2.78. The van der Waals surface area contributed by atoms with E-state index in [0.29, 0.717) is 11.4 Å². The number of amides is 1. The van der Waals surface area contributed by atoms with E-state index in [0.717, 1.165) is 10.5 Å². The van der Waals surface area contributed by atoms with Crippen LogP contribution < -0.4 is 11.1 Å². The van der Waals surface area contributed by atoms with Crippen LogP contribution in [0, 0.1) is 12.7 Å². The minimum Gasteiger partial charge on any atom is -0.397 e. The van der Waals surface area contributed by atoms with E-state index in [4.69, 9.17) is 5.73 Å². The van der Waals surface area contributed by atoms with E-state index in [1.54, 1.807) is 18.2 Å². The van der Waals surface area contributed by atoms with Crippen molar-refractivity contribution in [2.45, 2.75) is 11.8 Å². The molecule has 3 N–H and O–H groups in total. The average Bonchev–Trinajstić information content (AvgIpc) is 2.41. The van der Waals surface area contributed by atoms with E-state index < -0.39 is 0 Å². The molecule has 0 saturated carbocycles. The number of nitrogens with two attached hydrogens (primary N) is 1. The van der Waals surface area contributed by atoms with E-state index in [1.807, 2.05) is 19.1 Å². The van der Waals surface area contributed by atoms with Crippen LogP contribution in [-0.2, 0) is 4.79 Å². The third-order valence-corrected chi connectivity index (χ3v) is 3.73. The van der Waals surface area contributed by atoms with Crippen molar-refractivity contribution >= 4 is 29.0 Å². The Morgan fingerprint density at radius 1 is 1.30 bits per heavy atom. The number of carbonyl (C=O) groups is 1. The predicted molar refractivity (Wildman–Crippen MR) is 81.3 cm³/mol. The summed E-state index contributed by atoms with van der Waals surface area (Å²) in [6.45, 7) is 1.88. The molecule has 3 nitrogen and oxygen atoms in total. The molecule has 2 aromatic carbocycles. The second-order valence-electron chi connectivity index (χ2n) is 4.33. The molecule has 104 valence electrons. The molecule has 2 rings (SSSR count). The molecule has 0 fully saturated rings. The third kappa shape index (κ3) is 3.74. The Bertz CT molecular complexity index is 611. The summed E-state index contributed by atoms with van der Waals surface area (Å²) in [5.41, 5.74) is 7.91. The summed E-state index contributed by atoms with van der Waals surface area (Å²) >= 11 is 1.28. The Kier molecular flexibility index (Phi) is 4.63. The first-order valence-corrected chi connectivity index (χ1v) is 7.08. The van der Waals surface area contributed by atoms with E-state index in [2.05, 4.69) is 5.32 Å². The van der Waals surface area contributed by atoms with Gasteiger partial charge in [-0.15, -0.1) is 11.8 Å². The van der Waals surface area contributed by atoms with Crippen LogP contribution in [0.5, 0.6) is 0 Å². The molecule has 0 bridgehead atoms. The van der Waals surface area contributed by atoms with Crippen LogP contribution >= 0.6 is 11.8 Å². The van der Waals surface area contributed by atoms with Gasteiger partial charge in [0, 0.05) is 4.90 Å². The van der Waals surface area contributed by atoms with Gasteiger partial charge in [-0.3, -0.25) is 4.79 Å². The smallest absolute Gasteiger partial charge is 0.234 e. The van der Waals surface area contributed by atoms with E-state index in [1.165, 1.54) is 23.9 Å². The Morgan fingerprint density at radius 2 is 2.05 bits per heavy atom. The molecule has 0 spiro atoms. The summed E-state index contributed by atoms with van der Waals surface area (Å²) in [6.07, 6.45) is 0. The molecular formula is C15H15FN2OS. The van der Waals surface area contributed by atoms with E-state index >= 15 is 0 Å². The average molecular weight is 290 g/mol. The van der Waals surface area contributed by atoms with Gasteiger partial charge in [0.2, 0.25) is 5.91 Å². The van der Waals surface area contributed by atoms with E-state index in [-0.39, 0.29) is 17.5 Å². The molecule has 1 amide bonds.